The average Bonchev–Trinajstić information content (AvgIpc) is 2.89. The van der Waals surface area contributed by atoms with E-state index in [0.717, 1.165) is 27.5 Å². The van der Waals surface area contributed by atoms with E-state index < -0.39 is 0 Å². The molecule has 6 heteroatoms. The highest BCUT2D eigenvalue weighted by Crippen LogP contribution is 2.27. The highest BCUT2D eigenvalue weighted by molar-refractivity contribution is 7.99. The summed E-state index contributed by atoms with van der Waals surface area (Å²) in [5, 5.41) is 5.25. The van der Waals surface area contributed by atoms with Gasteiger partial charge in [0.1, 0.15) is 5.03 Å². The van der Waals surface area contributed by atoms with E-state index in [4.69, 9.17) is 5.73 Å². The number of hydrogen-bond donors (Lipinski definition) is 1. The SMILES string of the molecule is Cc1cc(SCC(N)=O)n2ncc(-c3ccccc3)c2n1. The number of nitrogens with zero attached hydrogens (tertiary/aromatic N) is 3. The Hall–Kier alpha value is -2.34. The Morgan fingerprint density at radius 1 is 1.33 bits per heavy atom. The number of aryl methyl sites for hydroxylation is 1. The molecule has 2 heterocycles. The van der Waals surface area contributed by atoms with E-state index >= 15 is 0 Å². The van der Waals surface area contributed by atoms with Gasteiger partial charge < -0.3 is 5.73 Å². The Balaban J connectivity index is 2.12. The Kier molecular flexibility index (Phi) is 3.62. The highest BCUT2D eigenvalue weighted by Gasteiger charge is 2.12. The minimum absolute atomic E-state index is 0.221. The van der Waals surface area contributed by atoms with Gasteiger partial charge in [-0.15, -0.1) is 0 Å². The molecular weight excluding hydrogens is 284 g/mol. The number of rotatable bonds is 4. The van der Waals surface area contributed by atoms with E-state index in [9.17, 15) is 4.79 Å². The third-order valence-corrected chi connectivity index (χ3v) is 4.03. The number of benzene rings is 1. The molecule has 2 N–H and O–H groups in total. The lowest BCUT2D eigenvalue weighted by Gasteiger charge is -2.05. The van der Waals surface area contributed by atoms with Crippen LogP contribution < -0.4 is 5.73 Å². The Morgan fingerprint density at radius 2 is 2.10 bits per heavy atom. The molecule has 0 aliphatic heterocycles. The van der Waals surface area contributed by atoms with Crippen molar-refractivity contribution in [2.45, 2.75) is 11.9 Å². The molecule has 0 saturated carbocycles. The predicted molar refractivity (Wildman–Crippen MR) is 83.1 cm³/mol. The molecule has 0 aliphatic carbocycles. The number of hydrogen-bond acceptors (Lipinski definition) is 4. The summed E-state index contributed by atoms with van der Waals surface area (Å²) < 4.78 is 1.75. The molecule has 3 aromatic rings. The first-order valence-corrected chi connectivity index (χ1v) is 7.45. The normalized spacial score (nSPS) is 10.9. The molecule has 0 spiro atoms. The van der Waals surface area contributed by atoms with Gasteiger partial charge in [-0.2, -0.15) is 5.10 Å². The Labute approximate surface area is 126 Å². The molecule has 0 atom stereocenters. The van der Waals surface area contributed by atoms with Gasteiger partial charge in [0.15, 0.2) is 5.65 Å². The molecule has 0 aliphatic rings. The van der Waals surface area contributed by atoms with Crippen molar-refractivity contribution in [2.75, 3.05) is 5.75 Å². The number of amides is 1. The lowest BCUT2D eigenvalue weighted by atomic mass is 10.1. The van der Waals surface area contributed by atoms with E-state index in [1.165, 1.54) is 11.8 Å². The zero-order valence-corrected chi connectivity index (χ0v) is 12.3. The standard InChI is InChI=1S/C15H14N4OS/c1-10-7-14(21-9-13(16)20)19-15(18-10)12(8-17-19)11-5-3-2-4-6-11/h2-8H,9H2,1H3,(H2,16,20). The fourth-order valence-corrected chi connectivity index (χ4v) is 2.92. The lowest BCUT2D eigenvalue weighted by molar-refractivity contribution is -0.115. The molecule has 1 amide bonds. The molecule has 3 rings (SSSR count). The van der Waals surface area contributed by atoms with Gasteiger partial charge in [-0.05, 0) is 18.6 Å². The molecule has 2 aromatic heterocycles. The second-order valence-electron chi connectivity index (χ2n) is 4.65. The summed E-state index contributed by atoms with van der Waals surface area (Å²) in [6.45, 7) is 1.93. The molecular formula is C15H14N4OS. The molecule has 21 heavy (non-hydrogen) atoms. The maximum atomic E-state index is 11.0. The first kappa shape index (κ1) is 13.6. The number of aromatic nitrogens is 3. The summed E-state index contributed by atoms with van der Waals surface area (Å²) >= 11 is 1.37. The van der Waals surface area contributed by atoms with Crippen molar-refractivity contribution >= 4 is 23.3 Å². The third-order valence-electron chi connectivity index (χ3n) is 3.01. The van der Waals surface area contributed by atoms with Crippen LogP contribution in [0.2, 0.25) is 0 Å². The maximum Gasteiger partial charge on any atom is 0.227 e. The number of carbonyl (C=O) groups is 1. The van der Waals surface area contributed by atoms with Crippen LogP contribution in [0.3, 0.4) is 0 Å². The van der Waals surface area contributed by atoms with Crippen LogP contribution in [0.4, 0.5) is 0 Å². The first-order valence-electron chi connectivity index (χ1n) is 6.47. The van der Waals surface area contributed by atoms with Gasteiger partial charge in [-0.3, -0.25) is 4.79 Å². The number of nitrogens with two attached hydrogens (primary N) is 1. The lowest BCUT2D eigenvalue weighted by Crippen LogP contribution is -2.13. The van der Waals surface area contributed by atoms with E-state index in [0.29, 0.717) is 0 Å². The topological polar surface area (TPSA) is 73.3 Å². The monoisotopic (exact) mass is 298 g/mol. The zero-order chi connectivity index (χ0) is 14.8. The van der Waals surface area contributed by atoms with E-state index in [1.54, 1.807) is 10.7 Å². The molecule has 106 valence electrons. The van der Waals surface area contributed by atoms with Crippen molar-refractivity contribution in [1.29, 1.82) is 0 Å². The smallest absolute Gasteiger partial charge is 0.227 e. The van der Waals surface area contributed by atoms with Gasteiger partial charge in [0.25, 0.3) is 0 Å². The van der Waals surface area contributed by atoms with Crippen molar-refractivity contribution < 1.29 is 4.79 Å². The van der Waals surface area contributed by atoms with Crippen molar-refractivity contribution in [1.82, 2.24) is 14.6 Å². The highest BCUT2D eigenvalue weighted by atomic mass is 32.2. The third kappa shape index (κ3) is 2.75. The fraction of sp³-hybridized carbons (Fsp3) is 0.133. The molecule has 1 aromatic carbocycles. The number of primary amides is 1. The number of carbonyl (C=O) groups excluding carboxylic acids is 1. The second kappa shape index (κ2) is 5.57. The van der Waals surface area contributed by atoms with Crippen LogP contribution in [0.15, 0.2) is 47.6 Å². The van der Waals surface area contributed by atoms with Crippen molar-refractivity contribution in [2.24, 2.45) is 5.73 Å². The number of thioether (sulfide) groups is 1. The summed E-state index contributed by atoms with van der Waals surface area (Å²) in [5.41, 5.74) is 8.92. The summed E-state index contributed by atoms with van der Waals surface area (Å²) in [6, 6.07) is 11.9. The molecule has 0 bridgehead atoms. The van der Waals surface area contributed by atoms with Crippen LogP contribution in [0.5, 0.6) is 0 Å². The molecule has 0 unspecified atom stereocenters. The molecule has 5 nitrogen and oxygen atoms in total. The van der Waals surface area contributed by atoms with Crippen LogP contribution >= 0.6 is 11.8 Å². The Morgan fingerprint density at radius 3 is 2.81 bits per heavy atom. The fourth-order valence-electron chi connectivity index (χ4n) is 2.12. The van der Waals surface area contributed by atoms with Crippen LogP contribution in [0.25, 0.3) is 16.8 Å². The van der Waals surface area contributed by atoms with Gasteiger partial charge in [-0.25, -0.2) is 9.50 Å². The van der Waals surface area contributed by atoms with Gasteiger partial charge in [0, 0.05) is 11.3 Å². The van der Waals surface area contributed by atoms with Gasteiger partial charge in [0.2, 0.25) is 5.91 Å². The summed E-state index contributed by atoms with van der Waals surface area (Å²) in [5.74, 6) is -0.128. The van der Waals surface area contributed by atoms with E-state index in [1.807, 2.05) is 43.3 Å². The first-order chi connectivity index (χ1) is 10.1. The van der Waals surface area contributed by atoms with Crippen LogP contribution in [0.1, 0.15) is 5.69 Å². The second-order valence-corrected chi connectivity index (χ2v) is 5.65. The molecule has 0 radical (unpaired) electrons. The largest absolute Gasteiger partial charge is 0.369 e. The maximum absolute atomic E-state index is 11.0. The molecule has 0 saturated heterocycles. The summed E-state index contributed by atoms with van der Waals surface area (Å²) in [6.07, 6.45) is 1.80. The Bertz CT molecular complexity index is 798. The minimum Gasteiger partial charge on any atom is -0.369 e. The van der Waals surface area contributed by atoms with E-state index in [-0.39, 0.29) is 11.7 Å². The number of fused-ring (bicyclic) bond motifs is 1. The van der Waals surface area contributed by atoms with Crippen LogP contribution in [0, 0.1) is 6.92 Å². The predicted octanol–water partition coefficient (Wildman–Crippen LogP) is 2.28. The van der Waals surface area contributed by atoms with Crippen LogP contribution in [-0.4, -0.2) is 26.3 Å². The average molecular weight is 298 g/mol. The quantitative estimate of drug-likeness (QED) is 0.592. The van der Waals surface area contributed by atoms with Gasteiger partial charge >= 0.3 is 0 Å². The molecule has 0 fully saturated rings. The van der Waals surface area contributed by atoms with E-state index in [2.05, 4.69) is 10.1 Å². The van der Waals surface area contributed by atoms with Crippen molar-refractivity contribution in [3.8, 4) is 11.1 Å². The van der Waals surface area contributed by atoms with Gasteiger partial charge in [-0.1, -0.05) is 42.1 Å². The van der Waals surface area contributed by atoms with Gasteiger partial charge in [0.05, 0.1) is 11.9 Å². The van der Waals surface area contributed by atoms with Crippen molar-refractivity contribution in [3.63, 3.8) is 0 Å². The summed E-state index contributed by atoms with van der Waals surface area (Å²) in [7, 11) is 0. The summed E-state index contributed by atoms with van der Waals surface area (Å²) in [4.78, 5) is 15.5. The minimum atomic E-state index is -0.349. The zero-order valence-electron chi connectivity index (χ0n) is 11.5. The van der Waals surface area contributed by atoms with Crippen LogP contribution in [-0.2, 0) is 4.79 Å². The van der Waals surface area contributed by atoms with Crippen molar-refractivity contribution in [3.05, 3.63) is 48.3 Å².